The van der Waals surface area contributed by atoms with Crippen molar-refractivity contribution in [2.45, 2.75) is 51.9 Å². The lowest BCUT2D eigenvalue weighted by Gasteiger charge is -2.42. The second kappa shape index (κ2) is 7.38. The number of likely N-dealkylation sites (tertiary alicyclic amines) is 1. The molecule has 0 bridgehead atoms. The quantitative estimate of drug-likeness (QED) is 0.791. The van der Waals surface area contributed by atoms with Gasteiger partial charge in [-0.25, -0.2) is 0 Å². The van der Waals surface area contributed by atoms with Crippen LogP contribution in [0.5, 0.6) is 0 Å². The Morgan fingerprint density at radius 2 is 1.43 bits per heavy atom. The van der Waals surface area contributed by atoms with E-state index in [4.69, 9.17) is 0 Å². The Morgan fingerprint density at radius 1 is 0.957 bits per heavy atom. The molecule has 0 aromatic carbocycles. The number of amides is 1. The van der Waals surface area contributed by atoms with E-state index in [0.29, 0.717) is 32.1 Å². The fraction of sp³-hybridized carbons (Fsp3) is 0.938. The summed E-state index contributed by atoms with van der Waals surface area (Å²) in [6.07, 6.45) is -2.11. The lowest BCUT2D eigenvalue weighted by Crippen LogP contribution is -2.58. The fourth-order valence-electron chi connectivity index (χ4n) is 3.37. The van der Waals surface area contributed by atoms with E-state index in [1.807, 2.05) is 16.7 Å². The number of hydrogen-bond donors (Lipinski definition) is 0. The molecule has 2 aliphatic heterocycles. The number of halogens is 3. The molecule has 2 saturated heterocycles. The van der Waals surface area contributed by atoms with Crippen LogP contribution in [0.15, 0.2) is 0 Å². The average molecular weight is 335 g/mol. The predicted octanol–water partition coefficient (Wildman–Crippen LogP) is 2.20. The predicted molar refractivity (Wildman–Crippen MR) is 83.1 cm³/mol. The largest absolute Gasteiger partial charge is 0.403 e. The zero-order valence-electron chi connectivity index (χ0n) is 14.3. The van der Waals surface area contributed by atoms with Crippen LogP contribution in [0.25, 0.3) is 0 Å². The Morgan fingerprint density at radius 3 is 1.91 bits per heavy atom. The van der Waals surface area contributed by atoms with E-state index >= 15 is 0 Å². The highest BCUT2D eigenvalue weighted by atomic mass is 19.4. The third-order valence-corrected chi connectivity index (χ3v) is 5.37. The van der Waals surface area contributed by atoms with Gasteiger partial charge in [-0.3, -0.25) is 14.6 Å². The topological polar surface area (TPSA) is 26.8 Å². The maximum absolute atomic E-state index is 12.8. The first-order chi connectivity index (χ1) is 10.7. The maximum atomic E-state index is 12.8. The molecule has 4 nitrogen and oxygen atoms in total. The Bertz CT molecular complexity index is 400. The van der Waals surface area contributed by atoms with Crippen LogP contribution < -0.4 is 0 Å². The van der Waals surface area contributed by atoms with Crippen LogP contribution in [0.3, 0.4) is 0 Å². The summed E-state index contributed by atoms with van der Waals surface area (Å²) in [7, 11) is 0. The second-order valence-electron chi connectivity index (χ2n) is 6.97. The molecule has 0 aromatic rings. The van der Waals surface area contributed by atoms with Crippen molar-refractivity contribution in [2.75, 3.05) is 39.3 Å². The molecule has 1 amide bonds. The first-order valence-corrected chi connectivity index (χ1v) is 8.53. The van der Waals surface area contributed by atoms with Crippen LogP contribution in [-0.4, -0.2) is 78.1 Å². The first-order valence-electron chi connectivity index (χ1n) is 8.53. The van der Waals surface area contributed by atoms with Gasteiger partial charge < -0.3 is 4.90 Å². The number of alkyl halides is 3. The summed E-state index contributed by atoms with van der Waals surface area (Å²) < 4.78 is 38.3. The van der Waals surface area contributed by atoms with Gasteiger partial charge >= 0.3 is 6.18 Å². The third kappa shape index (κ3) is 4.59. The van der Waals surface area contributed by atoms with Gasteiger partial charge in [0.05, 0.1) is 6.04 Å². The van der Waals surface area contributed by atoms with Crippen LogP contribution in [0, 0.1) is 5.92 Å². The van der Waals surface area contributed by atoms with Gasteiger partial charge in [0.2, 0.25) is 5.91 Å². The van der Waals surface area contributed by atoms with Crippen LogP contribution >= 0.6 is 0 Å². The van der Waals surface area contributed by atoms with Gasteiger partial charge in [-0.05, 0) is 32.6 Å². The number of hydrogen-bond acceptors (Lipinski definition) is 3. The molecular formula is C16H28F3N3O. The Balaban J connectivity index is 1.83. The highest BCUT2D eigenvalue weighted by molar-refractivity contribution is 5.81. The van der Waals surface area contributed by atoms with E-state index in [2.05, 4.69) is 6.92 Å². The number of rotatable bonds is 3. The van der Waals surface area contributed by atoms with Crippen molar-refractivity contribution in [3.8, 4) is 0 Å². The molecule has 2 aliphatic rings. The standard InChI is InChI=1S/C16H28F3N3O/c1-12-4-6-22(7-5-12)15(23)13(2)20-8-10-21(11-9-20)14(3)16(17,18)19/h12-14H,4-11H2,1-3H3/t13-,14-/m0/s1. The van der Waals surface area contributed by atoms with E-state index in [9.17, 15) is 18.0 Å². The normalized spacial score (nSPS) is 25.4. The van der Waals surface area contributed by atoms with Gasteiger partial charge in [0.1, 0.15) is 6.04 Å². The van der Waals surface area contributed by atoms with E-state index in [1.54, 1.807) is 0 Å². The number of nitrogens with zero attached hydrogens (tertiary/aromatic N) is 3. The van der Waals surface area contributed by atoms with Crippen LogP contribution in [-0.2, 0) is 4.79 Å². The first kappa shape index (κ1) is 18.5. The van der Waals surface area contributed by atoms with Crippen molar-refractivity contribution < 1.29 is 18.0 Å². The van der Waals surface area contributed by atoms with Gasteiger partial charge in [-0.2, -0.15) is 13.2 Å². The summed E-state index contributed by atoms with van der Waals surface area (Å²) in [5.74, 6) is 0.788. The van der Waals surface area contributed by atoms with Gasteiger partial charge in [0, 0.05) is 39.3 Å². The molecule has 2 atom stereocenters. The summed E-state index contributed by atoms with van der Waals surface area (Å²) in [5.41, 5.74) is 0. The summed E-state index contributed by atoms with van der Waals surface area (Å²) in [6.45, 7) is 8.62. The third-order valence-electron chi connectivity index (χ3n) is 5.37. The van der Waals surface area contributed by atoms with Gasteiger partial charge in [0.25, 0.3) is 0 Å². The zero-order valence-corrected chi connectivity index (χ0v) is 14.3. The summed E-state index contributed by atoms with van der Waals surface area (Å²) in [4.78, 5) is 17.9. The SMILES string of the molecule is CC1CCN(C(=O)[C@H](C)N2CCN([C@@H](C)C(F)(F)F)CC2)CC1. The maximum Gasteiger partial charge on any atom is 0.403 e. The van der Waals surface area contributed by atoms with E-state index < -0.39 is 12.2 Å². The monoisotopic (exact) mass is 335 g/mol. The molecule has 2 rings (SSSR count). The molecule has 0 saturated carbocycles. The van der Waals surface area contributed by atoms with Crippen molar-refractivity contribution in [3.63, 3.8) is 0 Å². The minimum atomic E-state index is -4.19. The van der Waals surface area contributed by atoms with Crippen LogP contribution in [0.2, 0.25) is 0 Å². The summed E-state index contributed by atoms with van der Waals surface area (Å²) in [6, 6.07) is -1.66. The molecular weight excluding hydrogens is 307 g/mol. The minimum absolute atomic E-state index is 0.120. The fourth-order valence-corrected chi connectivity index (χ4v) is 3.37. The highest BCUT2D eigenvalue weighted by Gasteiger charge is 2.41. The van der Waals surface area contributed by atoms with Crippen LogP contribution in [0.4, 0.5) is 13.2 Å². The van der Waals surface area contributed by atoms with Crippen molar-refractivity contribution in [2.24, 2.45) is 5.92 Å². The average Bonchev–Trinajstić information content (AvgIpc) is 2.53. The number of piperazine rings is 1. The number of carbonyl (C=O) groups is 1. The van der Waals surface area contributed by atoms with Crippen LogP contribution in [0.1, 0.15) is 33.6 Å². The van der Waals surface area contributed by atoms with Crippen molar-refractivity contribution in [1.29, 1.82) is 0 Å². The molecule has 0 aliphatic carbocycles. The molecule has 0 N–H and O–H groups in total. The summed E-state index contributed by atoms with van der Waals surface area (Å²) in [5, 5.41) is 0. The molecule has 0 spiro atoms. The molecule has 2 fully saturated rings. The Labute approximate surface area is 136 Å². The summed E-state index contributed by atoms with van der Waals surface area (Å²) >= 11 is 0. The molecule has 0 unspecified atom stereocenters. The smallest absolute Gasteiger partial charge is 0.341 e. The highest BCUT2D eigenvalue weighted by Crippen LogP contribution is 2.25. The molecule has 2 heterocycles. The molecule has 23 heavy (non-hydrogen) atoms. The van der Waals surface area contributed by atoms with E-state index in [0.717, 1.165) is 25.9 Å². The Hall–Kier alpha value is -0.820. The minimum Gasteiger partial charge on any atom is -0.341 e. The number of piperidine rings is 1. The van der Waals surface area contributed by atoms with Crippen molar-refractivity contribution in [3.05, 3.63) is 0 Å². The van der Waals surface area contributed by atoms with Gasteiger partial charge in [-0.1, -0.05) is 6.92 Å². The lowest BCUT2D eigenvalue weighted by molar-refractivity contribution is -0.183. The molecule has 134 valence electrons. The number of carbonyl (C=O) groups excluding carboxylic acids is 1. The second-order valence-corrected chi connectivity index (χ2v) is 6.97. The van der Waals surface area contributed by atoms with Gasteiger partial charge in [0.15, 0.2) is 0 Å². The Kier molecular flexibility index (Phi) is 5.94. The lowest BCUT2D eigenvalue weighted by atomic mass is 9.98. The van der Waals surface area contributed by atoms with Crippen molar-refractivity contribution >= 4 is 5.91 Å². The van der Waals surface area contributed by atoms with Gasteiger partial charge in [-0.15, -0.1) is 0 Å². The molecule has 0 radical (unpaired) electrons. The van der Waals surface area contributed by atoms with E-state index in [-0.39, 0.29) is 11.9 Å². The molecule has 7 heteroatoms. The molecule has 0 aromatic heterocycles. The van der Waals surface area contributed by atoms with Crippen molar-refractivity contribution in [1.82, 2.24) is 14.7 Å². The zero-order chi connectivity index (χ0) is 17.2. The van der Waals surface area contributed by atoms with E-state index in [1.165, 1.54) is 11.8 Å².